The van der Waals surface area contributed by atoms with Gasteiger partial charge in [-0.2, -0.15) is 0 Å². The maximum absolute atomic E-state index is 12.0. The largest absolute Gasteiger partial charge is 0.459 e. The number of aryl methyl sites for hydroxylation is 1. The number of nitrogens with zero attached hydrogens (tertiary/aromatic N) is 1. The van der Waals surface area contributed by atoms with E-state index in [0.29, 0.717) is 6.54 Å². The summed E-state index contributed by atoms with van der Waals surface area (Å²) in [5.41, 5.74) is 8.03. The Morgan fingerprint density at radius 1 is 1.40 bits per heavy atom. The SMILES string of the molecule is CC(C)(C)OC(=O)C(N)CN1CCCc2ccccc21. The van der Waals surface area contributed by atoms with E-state index in [0.717, 1.165) is 19.4 Å². The van der Waals surface area contributed by atoms with Gasteiger partial charge in [-0.25, -0.2) is 0 Å². The summed E-state index contributed by atoms with van der Waals surface area (Å²) >= 11 is 0. The summed E-state index contributed by atoms with van der Waals surface area (Å²) in [5, 5.41) is 0. The first-order valence-corrected chi connectivity index (χ1v) is 7.18. The Hall–Kier alpha value is -1.55. The molecule has 1 aliphatic heterocycles. The van der Waals surface area contributed by atoms with Crippen molar-refractivity contribution in [3.63, 3.8) is 0 Å². The molecule has 0 spiro atoms. The zero-order valence-corrected chi connectivity index (χ0v) is 12.6. The molecule has 1 atom stereocenters. The molecule has 0 aromatic heterocycles. The Labute approximate surface area is 120 Å². The second-order valence-corrected chi connectivity index (χ2v) is 6.32. The molecule has 110 valence electrons. The highest BCUT2D eigenvalue weighted by molar-refractivity contribution is 5.77. The molecule has 0 radical (unpaired) electrons. The van der Waals surface area contributed by atoms with E-state index in [2.05, 4.69) is 23.1 Å². The van der Waals surface area contributed by atoms with E-state index in [1.165, 1.54) is 11.3 Å². The number of esters is 1. The first kappa shape index (κ1) is 14.9. The highest BCUT2D eigenvalue weighted by Crippen LogP contribution is 2.26. The highest BCUT2D eigenvalue weighted by atomic mass is 16.6. The van der Waals surface area contributed by atoms with Crippen LogP contribution in [0.3, 0.4) is 0 Å². The van der Waals surface area contributed by atoms with Crippen LogP contribution in [-0.4, -0.2) is 30.7 Å². The van der Waals surface area contributed by atoms with E-state index in [9.17, 15) is 4.79 Å². The maximum Gasteiger partial charge on any atom is 0.325 e. The predicted octanol–water partition coefficient (Wildman–Crippen LogP) is 2.11. The van der Waals surface area contributed by atoms with Crippen LogP contribution in [0.5, 0.6) is 0 Å². The Bertz CT molecular complexity index is 480. The molecule has 2 rings (SSSR count). The molecule has 1 unspecified atom stereocenters. The summed E-state index contributed by atoms with van der Waals surface area (Å²) in [7, 11) is 0. The average molecular weight is 276 g/mol. The third-order valence-electron chi connectivity index (χ3n) is 3.33. The Balaban J connectivity index is 2.02. The lowest BCUT2D eigenvalue weighted by atomic mass is 10.0. The zero-order valence-electron chi connectivity index (χ0n) is 12.6. The van der Waals surface area contributed by atoms with E-state index in [-0.39, 0.29) is 5.97 Å². The summed E-state index contributed by atoms with van der Waals surface area (Å²) in [6.07, 6.45) is 2.19. The van der Waals surface area contributed by atoms with Crippen LogP contribution in [0.25, 0.3) is 0 Å². The van der Waals surface area contributed by atoms with Gasteiger partial charge in [0, 0.05) is 18.8 Å². The molecular weight excluding hydrogens is 252 g/mol. The Kier molecular flexibility index (Phi) is 4.33. The number of nitrogens with two attached hydrogens (primary N) is 1. The van der Waals surface area contributed by atoms with Crippen LogP contribution >= 0.6 is 0 Å². The van der Waals surface area contributed by atoms with Crippen LogP contribution in [0, 0.1) is 0 Å². The molecule has 0 bridgehead atoms. The number of benzene rings is 1. The van der Waals surface area contributed by atoms with Crippen molar-refractivity contribution in [2.45, 2.75) is 45.3 Å². The number of fused-ring (bicyclic) bond motifs is 1. The molecule has 1 heterocycles. The fourth-order valence-electron chi connectivity index (χ4n) is 2.49. The quantitative estimate of drug-likeness (QED) is 0.859. The second-order valence-electron chi connectivity index (χ2n) is 6.32. The van der Waals surface area contributed by atoms with Gasteiger partial charge in [-0.05, 0) is 45.2 Å². The molecule has 0 aliphatic carbocycles. The molecule has 1 aromatic carbocycles. The third kappa shape index (κ3) is 3.73. The van der Waals surface area contributed by atoms with Crippen LogP contribution < -0.4 is 10.6 Å². The number of anilines is 1. The van der Waals surface area contributed by atoms with Crippen molar-refractivity contribution in [3.8, 4) is 0 Å². The van der Waals surface area contributed by atoms with E-state index in [1.54, 1.807) is 0 Å². The van der Waals surface area contributed by atoms with Crippen LogP contribution in [0.2, 0.25) is 0 Å². The molecule has 0 amide bonds. The highest BCUT2D eigenvalue weighted by Gasteiger charge is 2.25. The van der Waals surface area contributed by atoms with Crippen LogP contribution in [0.4, 0.5) is 5.69 Å². The first-order valence-electron chi connectivity index (χ1n) is 7.18. The molecule has 20 heavy (non-hydrogen) atoms. The minimum atomic E-state index is -0.611. The van der Waals surface area contributed by atoms with Gasteiger partial charge in [0.15, 0.2) is 0 Å². The van der Waals surface area contributed by atoms with Crippen LogP contribution in [0.15, 0.2) is 24.3 Å². The number of carbonyl (C=O) groups is 1. The van der Waals surface area contributed by atoms with Gasteiger partial charge in [-0.3, -0.25) is 4.79 Å². The number of carbonyl (C=O) groups excluding carboxylic acids is 1. The molecule has 4 heteroatoms. The molecule has 0 fully saturated rings. The molecule has 4 nitrogen and oxygen atoms in total. The first-order chi connectivity index (χ1) is 9.37. The van der Waals surface area contributed by atoms with Crippen molar-refractivity contribution >= 4 is 11.7 Å². The maximum atomic E-state index is 12.0. The lowest BCUT2D eigenvalue weighted by Crippen LogP contribution is -2.47. The summed E-state index contributed by atoms with van der Waals surface area (Å²) in [4.78, 5) is 14.2. The summed E-state index contributed by atoms with van der Waals surface area (Å²) in [5.74, 6) is -0.333. The van der Waals surface area contributed by atoms with Gasteiger partial charge in [0.1, 0.15) is 11.6 Å². The standard InChI is InChI=1S/C16H24N2O2/c1-16(2,3)20-15(19)13(17)11-18-10-6-8-12-7-4-5-9-14(12)18/h4-5,7,9,13H,6,8,10-11,17H2,1-3H3. The van der Waals surface area contributed by atoms with Crippen LogP contribution in [-0.2, 0) is 16.0 Å². The normalized spacial score (nSPS) is 16.5. The molecule has 1 aliphatic rings. The van der Waals surface area contributed by atoms with E-state index in [4.69, 9.17) is 10.5 Å². The van der Waals surface area contributed by atoms with Gasteiger partial charge >= 0.3 is 5.97 Å². The van der Waals surface area contributed by atoms with Gasteiger partial charge in [0.2, 0.25) is 0 Å². The average Bonchev–Trinajstić information content (AvgIpc) is 2.37. The fourth-order valence-corrected chi connectivity index (χ4v) is 2.49. The van der Waals surface area contributed by atoms with E-state index >= 15 is 0 Å². The van der Waals surface area contributed by atoms with Gasteiger partial charge < -0.3 is 15.4 Å². The summed E-state index contributed by atoms with van der Waals surface area (Å²) in [6, 6.07) is 7.70. The lowest BCUT2D eigenvalue weighted by Gasteiger charge is -2.33. The molecule has 0 saturated carbocycles. The number of para-hydroxylation sites is 1. The van der Waals surface area contributed by atoms with Gasteiger partial charge in [-0.15, -0.1) is 0 Å². The number of rotatable bonds is 3. The van der Waals surface area contributed by atoms with Crippen molar-refractivity contribution < 1.29 is 9.53 Å². The minimum absolute atomic E-state index is 0.333. The lowest BCUT2D eigenvalue weighted by molar-refractivity contribution is -0.156. The number of hydrogen-bond donors (Lipinski definition) is 1. The zero-order chi connectivity index (χ0) is 14.8. The van der Waals surface area contributed by atoms with Crippen molar-refractivity contribution in [1.29, 1.82) is 0 Å². The Morgan fingerprint density at radius 3 is 2.80 bits per heavy atom. The smallest absolute Gasteiger partial charge is 0.325 e. The predicted molar refractivity (Wildman–Crippen MR) is 80.8 cm³/mol. The third-order valence-corrected chi connectivity index (χ3v) is 3.33. The molecule has 0 saturated heterocycles. The van der Waals surface area contributed by atoms with Gasteiger partial charge in [0.05, 0.1) is 0 Å². The number of ether oxygens (including phenoxy) is 1. The second kappa shape index (κ2) is 5.83. The van der Waals surface area contributed by atoms with Crippen LogP contribution in [0.1, 0.15) is 32.8 Å². The van der Waals surface area contributed by atoms with Crippen molar-refractivity contribution in [2.24, 2.45) is 5.73 Å². The number of hydrogen-bond acceptors (Lipinski definition) is 4. The monoisotopic (exact) mass is 276 g/mol. The summed E-state index contributed by atoms with van der Waals surface area (Å²) in [6.45, 7) is 7.01. The van der Waals surface area contributed by atoms with Crippen molar-refractivity contribution in [2.75, 3.05) is 18.0 Å². The minimum Gasteiger partial charge on any atom is -0.459 e. The Morgan fingerprint density at radius 2 is 2.10 bits per heavy atom. The molecule has 1 aromatic rings. The summed E-state index contributed by atoms with van der Waals surface area (Å²) < 4.78 is 5.34. The topological polar surface area (TPSA) is 55.6 Å². The van der Waals surface area contributed by atoms with Gasteiger partial charge in [-0.1, -0.05) is 18.2 Å². The molecular formula is C16H24N2O2. The van der Waals surface area contributed by atoms with E-state index in [1.807, 2.05) is 26.8 Å². The van der Waals surface area contributed by atoms with Crippen molar-refractivity contribution in [3.05, 3.63) is 29.8 Å². The van der Waals surface area contributed by atoms with Crippen molar-refractivity contribution in [1.82, 2.24) is 0 Å². The fraction of sp³-hybridized carbons (Fsp3) is 0.562. The molecule has 2 N–H and O–H groups in total. The van der Waals surface area contributed by atoms with Gasteiger partial charge in [0.25, 0.3) is 0 Å². The van der Waals surface area contributed by atoms with E-state index < -0.39 is 11.6 Å².